The van der Waals surface area contributed by atoms with E-state index in [4.69, 9.17) is 0 Å². The SMILES string of the molecule is CC(C)C1(C(=O)O)C(C)NC(c2ccccc2)C(C)(C(=O)O)C1c1cccc([N+](=O)[O-])c1. The summed E-state index contributed by atoms with van der Waals surface area (Å²) in [5.74, 6) is -3.83. The molecule has 3 rings (SSSR count). The Kier molecular flexibility index (Phi) is 6.11. The van der Waals surface area contributed by atoms with Crippen molar-refractivity contribution in [2.75, 3.05) is 0 Å². The molecule has 0 amide bonds. The summed E-state index contributed by atoms with van der Waals surface area (Å²) in [7, 11) is 0. The van der Waals surface area contributed by atoms with Gasteiger partial charge >= 0.3 is 11.9 Å². The van der Waals surface area contributed by atoms with Crippen molar-refractivity contribution in [2.45, 2.75) is 45.7 Å². The number of piperidine rings is 1. The first-order chi connectivity index (χ1) is 15.0. The predicted octanol–water partition coefficient (Wildman–Crippen LogP) is 4.23. The minimum atomic E-state index is -1.62. The van der Waals surface area contributed by atoms with E-state index in [1.165, 1.54) is 25.1 Å². The average Bonchev–Trinajstić information content (AvgIpc) is 2.74. The fraction of sp³-hybridized carbons (Fsp3) is 0.417. The van der Waals surface area contributed by atoms with E-state index in [2.05, 4.69) is 5.32 Å². The van der Waals surface area contributed by atoms with Crippen molar-refractivity contribution in [3.05, 3.63) is 75.8 Å². The van der Waals surface area contributed by atoms with Crippen LogP contribution in [0.3, 0.4) is 0 Å². The third-order valence-electron chi connectivity index (χ3n) is 7.14. The lowest BCUT2D eigenvalue weighted by molar-refractivity contribution is -0.385. The number of rotatable bonds is 6. The van der Waals surface area contributed by atoms with Gasteiger partial charge in [0.05, 0.1) is 15.8 Å². The van der Waals surface area contributed by atoms with Gasteiger partial charge in [-0.3, -0.25) is 19.7 Å². The van der Waals surface area contributed by atoms with Gasteiger partial charge < -0.3 is 15.5 Å². The molecule has 0 aromatic heterocycles. The molecule has 0 aliphatic carbocycles. The van der Waals surface area contributed by atoms with Gasteiger partial charge in [-0.05, 0) is 30.9 Å². The molecule has 2 aromatic carbocycles. The van der Waals surface area contributed by atoms with Crippen molar-refractivity contribution in [3.8, 4) is 0 Å². The summed E-state index contributed by atoms with van der Waals surface area (Å²) in [5, 5.41) is 35.9. The summed E-state index contributed by atoms with van der Waals surface area (Å²) in [6, 6.07) is 13.4. The molecule has 1 heterocycles. The standard InChI is InChI=1S/C24H28N2O6/c1-14(2)24(22(29)30)15(3)25-20(16-9-6-5-7-10-16)23(4,21(27)28)19(24)17-11-8-12-18(13-17)26(31)32/h5-15,19-20,25H,1-4H3,(H,27,28)(H,29,30). The Bertz CT molecular complexity index is 1040. The Morgan fingerprint density at radius 3 is 2.12 bits per heavy atom. The molecule has 170 valence electrons. The lowest BCUT2D eigenvalue weighted by atomic mass is 9.48. The number of carbonyl (C=O) groups is 2. The van der Waals surface area contributed by atoms with Crippen molar-refractivity contribution < 1.29 is 24.7 Å². The summed E-state index contributed by atoms with van der Waals surface area (Å²) < 4.78 is 0. The van der Waals surface area contributed by atoms with Gasteiger partial charge in [0, 0.05) is 30.1 Å². The number of non-ortho nitro benzene ring substituents is 1. The van der Waals surface area contributed by atoms with Gasteiger partial charge in [0.25, 0.3) is 5.69 Å². The van der Waals surface area contributed by atoms with Crippen molar-refractivity contribution in [1.29, 1.82) is 0 Å². The Morgan fingerprint density at radius 2 is 1.62 bits per heavy atom. The number of aliphatic carboxylic acids is 2. The van der Waals surface area contributed by atoms with E-state index in [1.54, 1.807) is 51.1 Å². The lowest BCUT2D eigenvalue weighted by Gasteiger charge is -2.58. The second-order valence-electron chi connectivity index (χ2n) is 9.00. The van der Waals surface area contributed by atoms with Crippen LogP contribution in [0.4, 0.5) is 5.69 Å². The van der Waals surface area contributed by atoms with Crippen molar-refractivity contribution in [1.82, 2.24) is 5.32 Å². The highest BCUT2D eigenvalue weighted by molar-refractivity contribution is 5.84. The van der Waals surface area contributed by atoms with Gasteiger partial charge in [-0.1, -0.05) is 56.3 Å². The Balaban J connectivity index is 2.40. The topological polar surface area (TPSA) is 130 Å². The first-order valence-corrected chi connectivity index (χ1v) is 10.5. The maximum absolute atomic E-state index is 12.9. The van der Waals surface area contributed by atoms with Gasteiger partial charge in [-0.15, -0.1) is 0 Å². The first-order valence-electron chi connectivity index (χ1n) is 10.5. The molecule has 5 atom stereocenters. The largest absolute Gasteiger partial charge is 0.481 e. The number of nitrogens with zero attached hydrogens (tertiary/aromatic N) is 1. The molecule has 32 heavy (non-hydrogen) atoms. The number of nitro groups is 1. The Labute approximate surface area is 186 Å². The van der Waals surface area contributed by atoms with Crippen LogP contribution in [0.1, 0.15) is 50.8 Å². The summed E-state index contributed by atoms with van der Waals surface area (Å²) in [6.07, 6.45) is 0. The summed E-state index contributed by atoms with van der Waals surface area (Å²) >= 11 is 0. The highest BCUT2D eigenvalue weighted by Gasteiger charge is 2.67. The monoisotopic (exact) mass is 440 g/mol. The average molecular weight is 440 g/mol. The number of carboxylic acid groups (broad SMARTS) is 2. The smallest absolute Gasteiger partial charge is 0.312 e. The van der Waals surface area contributed by atoms with Gasteiger partial charge in [0.15, 0.2) is 0 Å². The highest BCUT2D eigenvalue weighted by atomic mass is 16.6. The number of hydrogen-bond acceptors (Lipinski definition) is 5. The fourth-order valence-electron chi connectivity index (χ4n) is 5.64. The normalized spacial score (nSPS) is 30.1. The van der Waals surface area contributed by atoms with Crippen LogP contribution in [0.5, 0.6) is 0 Å². The Morgan fingerprint density at radius 1 is 1.03 bits per heavy atom. The minimum absolute atomic E-state index is 0.208. The maximum Gasteiger partial charge on any atom is 0.312 e. The third kappa shape index (κ3) is 3.35. The van der Waals surface area contributed by atoms with Crippen LogP contribution in [-0.4, -0.2) is 33.1 Å². The zero-order chi connectivity index (χ0) is 23.8. The number of nitrogens with one attached hydrogen (secondary N) is 1. The third-order valence-corrected chi connectivity index (χ3v) is 7.14. The summed E-state index contributed by atoms with van der Waals surface area (Å²) in [5.41, 5.74) is -2.32. The predicted molar refractivity (Wildman–Crippen MR) is 118 cm³/mol. The van der Waals surface area contributed by atoms with Gasteiger partial charge in [0.1, 0.15) is 0 Å². The van der Waals surface area contributed by atoms with E-state index in [9.17, 15) is 29.9 Å². The minimum Gasteiger partial charge on any atom is -0.481 e. The number of carboxylic acids is 2. The molecule has 1 aliphatic heterocycles. The fourth-order valence-corrected chi connectivity index (χ4v) is 5.64. The van der Waals surface area contributed by atoms with Crippen molar-refractivity contribution >= 4 is 17.6 Å². The molecule has 0 spiro atoms. The quantitative estimate of drug-likeness (QED) is 0.453. The van der Waals surface area contributed by atoms with Crippen LogP contribution in [-0.2, 0) is 9.59 Å². The number of benzene rings is 2. The van der Waals surface area contributed by atoms with Crippen LogP contribution in [0, 0.1) is 26.9 Å². The molecule has 0 saturated carbocycles. The van der Waals surface area contributed by atoms with Crippen LogP contribution in [0.2, 0.25) is 0 Å². The second kappa shape index (κ2) is 8.35. The molecule has 2 aromatic rings. The molecular formula is C24H28N2O6. The molecule has 8 heteroatoms. The zero-order valence-corrected chi connectivity index (χ0v) is 18.5. The van der Waals surface area contributed by atoms with Crippen LogP contribution >= 0.6 is 0 Å². The first kappa shape index (κ1) is 23.4. The molecule has 8 nitrogen and oxygen atoms in total. The van der Waals surface area contributed by atoms with Crippen molar-refractivity contribution in [3.63, 3.8) is 0 Å². The molecule has 0 radical (unpaired) electrons. The second-order valence-corrected chi connectivity index (χ2v) is 9.00. The molecule has 5 unspecified atom stereocenters. The molecule has 1 fully saturated rings. The van der Waals surface area contributed by atoms with E-state index in [1.807, 2.05) is 6.07 Å². The van der Waals surface area contributed by atoms with Gasteiger partial charge in [-0.25, -0.2) is 0 Å². The van der Waals surface area contributed by atoms with E-state index >= 15 is 0 Å². The van der Waals surface area contributed by atoms with E-state index < -0.39 is 51.6 Å². The Hall–Kier alpha value is -3.26. The van der Waals surface area contributed by atoms with Crippen LogP contribution in [0.25, 0.3) is 0 Å². The van der Waals surface area contributed by atoms with Gasteiger partial charge in [-0.2, -0.15) is 0 Å². The van der Waals surface area contributed by atoms with Crippen molar-refractivity contribution in [2.24, 2.45) is 16.7 Å². The van der Waals surface area contributed by atoms with Gasteiger partial charge in [0.2, 0.25) is 0 Å². The maximum atomic E-state index is 12.9. The van der Waals surface area contributed by atoms with E-state index in [0.29, 0.717) is 11.1 Å². The highest BCUT2D eigenvalue weighted by Crippen LogP contribution is 2.61. The molecule has 3 N–H and O–H groups in total. The zero-order valence-electron chi connectivity index (χ0n) is 18.5. The summed E-state index contributed by atoms with van der Waals surface area (Å²) in [4.78, 5) is 36.8. The molecule has 1 saturated heterocycles. The number of hydrogen-bond donors (Lipinski definition) is 3. The van der Waals surface area contributed by atoms with Crippen LogP contribution < -0.4 is 5.32 Å². The van der Waals surface area contributed by atoms with E-state index in [-0.39, 0.29) is 5.69 Å². The number of nitro benzene ring substituents is 1. The molecular weight excluding hydrogens is 412 g/mol. The van der Waals surface area contributed by atoms with Crippen LogP contribution in [0.15, 0.2) is 54.6 Å². The lowest BCUT2D eigenvalue weighted by Crippen LogP contribution is -2.67. The molecule has 0 bridgehead atoms. The molecule has 1 aliphatic rings. The van der Waals surface area contributed by atoms with E-state index in [0.717, 1.165) is 0 Å². The summed E-state index contributed by atoms with van der Waals surface area (Å²) in [6.45, 7) is 6.79.